The van der Waals surface area contributed by atoms with Crippen molar-refractivity contribution in [3.05, 3.63) is 69.8 Å². The number of nitrogens with zero attached hydrogens (tertiary/aromatic N) is 3. The van der Waals surface area contributed by atoms with Gasteiger partial charge in [-0.25, -0.2) is 0 Å². The Morgan fingerprint density at radius 3 is 2.50 bits per heavy atom. The molecular formula is C31H36Cl2N4O. The molecule has 0 spiro atoms. The third-order valence-electron chi connectivity index (χ3n) is 6.96. The highest BCUT2D eigenvalue weighted by Gasteiger charge is 2.12. The Morgan fingerprint density at radius 1 is 0.974 bits per heavy atom. The van der Waals surface area contributed by atoms with E-state index in [-0.39, 0.29) is 0 Å². The first-order valence-corrected chi connectivity index (χ1v) is 14.4. The third kappa shape index (κ3) is 8.44. The fourth-order valence-electron chi connectivity index (χ4n) is 4.78. The lowest BCUT2D eigenvalue weighted by Crippen LogP contribution is -2.36. The number of allylic oxidation sites excluding steroid dienone is 1. The molecule has 0 radical (unpaired) electrons. The second-order valence-corrected chi connectivity index (χ2v) is 10.6. The van der Waals surface area contributed by atoms with Crippen molar-refractivity contribution in [1.29, 1.82) is 5.26 Å². The number of nitriles is 1. The lowest BCUT2D eigenvalue weighted by atomic mass is 10.1. The van der Waals surface area contributed by atoms with Crippen LogP contribution in [0.5, 0.6) is 0 Å². The third-order valence-corrected chi connectivity index (χ3v) is 7.51. The fourth-order valence-corrected chi connectivity index (χ4v) is 5.24. The predicted octanol–water partition coefficient (Wildman–Crippen LogP) is 8.62. The van der Waals surface area contributed by atoms with Crippen molar-refractivity contribution < 1.29 is 4.74 Å². The van der Waals surface area contributed by atoms with Gasteiger partial charge in [0.05, 0.1) is 40.7 Å². The average Bonchev–Trinajstić information content (AvgIpc) is 2.93. The number of nitrogens with one attached hydrogen (secondary N) is 1. The zero-order valence-electron chi connectivity index (χ0n) is 21.9. The summed E-state index contributed by atoms with van der Waals surface area (Å²) in [4.78, 5) is 7.04. The Morgan fingerprint density at radius 2 is 1.74 bits per heavy atom. The fraction of sp³-hybridized carbons (Fsp3) is 0.419. The zero-order chi connectivity index (χ0) is 26.6. The number of rotatable bonds is 13. The van der Waals surface area contributed by atoms with E-state index in [1.165, 1.54) is 51.5 Å². The Hall–Kier alpha value is -2.62. The lowest BCUT2D eigenvalue weighted by Gasteiger charge is -2.26. The summed E-state index contributed by atoms with van der Waals surface area (Å²) in [6, 6.07) is 13.6. The van der Waals surface area contributed by atoms with Gasteiger partial charge in [-0.3, -0.25) is 9.88 Å². The van der Waals surface area contributed by atoms with Crippen LogP contribution in [-0.2, 0) is 4.74 Å². The minimum atomic E-state index is 0.462. The molecule has 1 fully saturated rings. The Kier molecular flexibility index (Phi) is 11.3. The number of hydrogen-bond donors (Lipinski definition) is 1. The highest BCUT2D eigenvalue weighted by Crippen LogP contribution is 2.33. The average molecular weight is 552 g/mol. The van der Waals surface area contributed by atoms with Gasteiger partial charge >= 0.3 is 0 Å². The summed E-state index contributed by atoms with van der Waals surface area (Å²) in [6.45, 7) is 5.22. The van der Waals surface area contributed by atoms with Crippen molar-refractivity contribution in [2.45, 2.75) is 51.4 Å². The monoisotopic (exact) mass is 550 g/mol. The largest absolute Gasteiger partial charge is 0.379 e. The Labute approximate surface area is 236 Å². The maximum Gasteiger partial charge on any atom is 0.103 e. The number of unbranched alkanes of at least 4 members (excludes halogenated alkanes) is 7. The van der Waals surface area contributed by atoms with Gasteiger partial charge in [-0.15, -0.1) is 0 Å². The second-order valence-electron chi connectivity index (χ2n) is 9.80. The summed E-state index contributed by atoms with van der Waals surface area (Å²) < 4.78 is 5.41. The SMILES string of the molecule is N#Cc1cnc2cc(/C=C/CCCCCCCCCN3CCOCC3)ccc2c1Nc1ccc(Cl)cc1Cl. The molecule has 1 aromatic heterocycles. The number of ether oxygens (including phenoxy) is 1. The van der Waals surface area contributed by atoms with E-state index in [9.17, 15) is 5.26 Å². The summed E-state index contributed by atoms with van der Waals surface area (Å²) in [5, 5.41) is 14.9. The van der Waals surface area contributed by atoms with E-state index >= 15 is 0 Å². The molecule has 3 aromatic rings. The van der Waals surface area contributed by atoms with Gasteiger partial charge in [0.1, 0.15) is 6.07 Å². The Bertz CT molecular complexity index is 1260. The van der Waals surface area contributed by atoms with E-state index in [2.05, 4.69) is 45.6 Å². The number of hydrogen-bond acceptors (Lipinski definition) is 5. The smallest absolute Gasteiger partial charge is 0.103 e. The highest BCUT2D eigenvalue weighted by molar-refractivity contribution is 6.36. The molecule has 5 nitrogen and oxygen atoms in total. The molecule has 0 amide bonds. The summed E-state index contributed by atoms with van der Waals surface area (Å²) in [5.74, 6) is 0. The summed E-state index contributed by atoms with van der Waals surface area (Å²) >= 11 is 12.4. The van der Waals surface area contributed by atoms with Crippen molar-refractivity contribution in [1.82, 2.24) is 9.88 Å². The quantitative estimate of drug-likeness (QED) is 0.216. The maximum absolute atomic E-state index is 9.63. The molecule has 200 valence electrons. The molecule has 1 saturated heterocycles. The van der Waals surface area contributed by atoms with Gasteiger partial charge in [-0.05, 0) is 55.6 Å². The second kappa shape index (κ2) is 15.1. The maximum atomic E-state index is 9.63. The molecule has 1 N–H and O–H groups in total. The molecule has 0 saturated carbocycles. The van der Waals surface area contributed by atoms with Crippen LogP contribution < -0.4 is 5.32 Å². The van der Waals surface area contributed by atoms with Crippen LogP contribution in [0.2, 0.25) is 10.0 Å². The van der Waals surface area contributed by atoms with Crippen molar-refractivity contribution in [3.63, 3.8) is 0 Å². The molecule has 2 aromatic carbocycles. The van der Waals surface area contributed by atoms with Gasteiger partial charge in [0.2, 0.25) is 0 Å². The topological polar surface area (TPSA) is 61.2 Å². The molecule has 0 unspecified atom stereocenters. The first-order valence-electron chi connectivity index (χ1n) is 13.7. The van der Waals surface area contributed by atoms with Gasteiger partial charge in [0.25, 0.3) is 0 Å². The number of halogens is 2. The summed E-state index contributed by atoms with van der Waals surface area (Å²) in [5.41, 5.74) is 3.78. The van der Waals surface area contributed by atoms with E-state index < -0.39 is 0 Å². The van der Waals surface area contributed by atoms with Crippen LogP contribution in [0.4, 0.5) is 11.4 Å². The van der Waals surface area contributed by atoms with E-state index in [1.54, 1.807) is 18.3 Å². The van der Waals surface area contributed by atoms with Crippen LogP contribution in [0.1, 0.15) is 62.5 Å². The minimum absolute atomic E-state index is 0.462. The number of pyridine rings is 1. The van der Waals surface area contributed by atoms with Crippen LogP contribution in [0.3, 0.4) is 0 Å². The molecule has 2 heterocycles. The lowest BCUT2D eigenvalue weighted by molar-refractivity contribution is 0.0371. The van der Waals surface area contributed by atoms with Crippen LogP contribution in [0, 0.1) is 11.3 Å². The number of morpholine rings is 1. The van der Waals surface area contributed by atoms with Gasteiger partial charge < -0.3 is 10.1 Å². The number of benzene rings is 2. The van der Waals surface area contributed by atoms with Crippen LogP contribution in [0.15, 0.2) is 48.7 Å². The molecule has 0 aliphatic carbocycles. The minimum Gasteiger partial charge on any atom is -0.379 e. The Balaban J connectivity index is 1.21. The standard InChI is InChI=1S/C31H36Cl2N4O/c32-26-12-14-29(28(33)21-26)36-31-25(22-34)23-35-30-20-24(11-13-27(30)31)10-8-6-4-2-1-3-5-7-9-15-37-16-18-38-19-17-37/h8,10-14,20-21,23H,1-7,9,15-19H2,(H,35,36)/b10-8+. The van der Waals surface area contributed by atoms with E-state index in [1.807, 2.05) is 12.1 Å². The normalized spacial score (nSPS) is 14.2. The summed E-state index contributed by atoms with van der Waals surface area (Å²) in [7, 11) is 0. The van der Waals surface area contributed by atoms with Crippen LogP contribution in [-0.4, -0.2) is 42.7 Å². The molecule has 4 rings (SSSR count). The van der Waals surface area contributed by atoms with E-state index in [4.69, 9.17) is 27.9 Å². The highest BCUT2D eigenvalue weighted by atomic mass is 35.5. The van der Waals surface area contributed by atoms with Gasteiger partial charge in [0, 0.05) is 29.7 Å². The zero-order valence-corrected chi connectivity index (χ0v) is 23.4. The number of fused-ring (bicyclic) bond motifs is 1. The van der Waals surface area contributed by atoms with Crippen LogP contribution >= 0.6 is 23.2 Å². The van der Waals surface area contributed by atoms with Gasteiger partial charge in [0.15, 0.2) is 0 Å². The molecule has 0 bridgehead atoms. The van der Waals surface area contributed by atoms with Crippen molar-refractivity contribution in [2.75, 3.05) is 38.2 Å². The molecular weight excluding hydrogens is 515 g/mol. The predicted molar refractivity (Wildman–Crippen MR) is 159 cm³/mol. The summed E-state index contributed by atoms with van der Waals surface area (Å²) in [6.07, 6.45) is 16.3. The van der Waals surface area contributed by atoms with Gasteiger partial charge in [-0.2, -0.15) is 5.26 Å². The van der Waals surface area contributed by atoms with Crippen molar-refractivity contribution in [3.8, 4) is 6.07 Å². The van der Waals surface area contributed by atoms with E-state index in [0.717, 1.165) is 49.2 Å². The number of anilines is 2. The molecule has 38 heavy (non-hydrogen) atoms. The van der Waals surface area contributed by atoms with E-state index in [0.29, 0.717) is 27.0 Å². The first kappa shape index (κ1) is 28.4. The van der Waals surface area contributed by atoms with Crippen LogP contribution in [0.25, 0.3) is 17.0 Å². The first-order chi connectivity index (χ1) is 18.6. The molecule has 1 aliphatic heterocycles. The molecule has 0 atom stereocenters. The van der Waals surface area contributed by atoms with Gasteiger partial charge in [-0.1, -0.05) is 79.6 Å². The molecule has 7 heteroatoms. The van der Waals surface area contributed by atoms with Crippen molar-refractivity contribution in [2.24, 2.45) is 0 Å². The molecule has 1 aliphatic rings. The van der Waals surface area contributed by atoms with Crippen molar-refractivity contribution >= 4 is 51.6 Å². The number of aromatic nitrogens is 1.